The topological polar surface area (TPSA) is 73.6 Å². The number of nitrogens with two attached hydrogens (primary N) is 1. The minimum absolute atomic E-state index is 0.0900. The Morgan fingerprint density at radius 2 is 1.90 bits per heavy atom. The van der Waals surface area contributed by atoms with Gasteiger partial charge in [-0.05, 0) is 37.8 Å². The largest absolute Gasteiger partial charge is 0.486 e. The molecule has 20 heavy (non-hydrogen) atoms. The van der Waals surface area contributed by atoms with E-state index >= 15 is 0 Å². The molecule has 0 bridgehead atoms. The van der Waals surface area contributed by atoms with Crippen LogP contribution in [0.4, 0.5) is 0 Å². The predicted molar refractivity (Wildman–Crippen MR) is 75.1 cm³/mol. The fourth-order valence-electron chi connectivity index (χ4n) is 2.78. The van der Waals surface area contributed by atoms with Gasteiger partial charge in [-0.15, -0.1) is 0 Å². The summed E-state index contributed by atoms with van der Waals surface area (Å²) in [4.78, 5) is 12.4. The van der Waals surface area contributed by atoms with E-state index in [4.69, 9.17) is 15.2 Å². The van der Waals surface area contributed by atoms with Gasteiger partial charge in [0.1, 0.15) is 13.2 Å². The summed E-state index contributed by atoms with van der Waals surface area (Å²) in [6.07, 6.45) is 3.83. The van der Waals surface area contributed by atoms with Crippen molar-refractivity contribution in [3.8, 4) is 11.5 Å². The lowest BCUT2D eigenvalue weighted by Crippen LogP contribution is -2.40. The number of para-hydroxylation sites is 1. The Balaban J connectivity index is 1.71. The summed E-state index contributed by atoms with van der Waals surface area (Å²) in [7, 11) is 0. The van der Waals surface area contributed by atoms with E-state index in [9.17, 15) is 4.79 Å². The number of nitrogens with one attached hydrogen (secondary N) is 1. The van der Waals surface area contributed by atoms with Crippen LogP contribution in [0.3, 0.4) is 0 Å². The molecule has 2 aliphatic rings. The highest BCUT2D eigenvalue weighted by Crippen LogP contribution is 2.33. The monoisotopic (exact) mass is 276 g/mol. The number of carbonyl (C=O) groups is 1. The molecule has 3 N–H and O–H groups in total. The lowest BCUT2D eigenvalue weighted by molar-refractivity contribution is 0.0915. The van der Waals surface area contributed by atoms with Crippen molar-refractivity contribution in [2.24, 2.45) is 5.73 Å². The Kier molecular flexibility index (Phi) is 3.78. The molecule has 1 aliphatic heterocycles. The van der Waals surface area contributed by atoms with Crippen LogP contribution >= 0.6 is 0 Å². The van der Waals surface area contributed by atoms with E-state index < -0.39 is 0 Å². The molecule has 5 nitrogen and oxygen atoms in total. The molecule has 0 spiro atoms. The van der Waals surface area contributed by atoms with Crippen LogP contribution in [0.15, 0.2) is 18.2 Å². The third kappa shape index (κ3) is 2.72. The Hall–Kier alpha value is -1.75. The SMILES string of the molecule is NC1CCC(NC(=O)c2cccc3c2OCCO3)CC1. The molecule has 0 aromatic heterocycles. The van der Waals surface area contributed by atoms with Gasteiger partial charge in [0.05, 0.1) is 5.56 Å². The van der Waals surface area contributed by atoms with Crippen LogP contribution in [0.5, 0.6) is 11.5 Å². The smallest absolute Gasteiger partial charge is 0.255 e. The number of hydrogen-bond acceptors (Lipinski definition) is 4. The highest BCUT2D eigenvalue weighted by molar-refractivity contribution is 5.98. The van der Waals surface area contributed by atoms with Crippen LogP contribution in [-0.2, 0) is 0 Å². The molecule has 1 saturated carbocycles. The minimum atomic E-state index is -0.0900. The maximum atomic E-state index is 12.4. The number of ether oxygens (including phenoxy) is 2. The van der Waals surface area contributed by atoms with Crippen molar-refractivity contribution < 1.29 is 14.3 Å². The number of carbonyl (C=O) groups excluding carboxylic acids is 1. The molecule has 1 aromatic carbocycles. The molecule has 108 valence electrons. The number of fused-ring (bicyclic) bond motifs is 1. The molecular formula is C15H20N2O3. The van der Waals surface area contributed by atoms with Gasteiger partial charge in [0, 0.05) is 12.1 Å². The van der Waals surface area contributed by atoms with E-state index in [-0.39, 0.29) is 18.0 Å². The first-order chi connectivity index (χ1) is 9.74. The number of hydrogen-bond donors (Lipinski definition) is 2. The molecule has 1 fully saturated rings. The van der Waals surface area contributed by atoms with Crippen molar-refractivity contribution in [2.45, 2.75) is 37.8 Å². The second kappa shape index (κ2) is 5.71. The summed E-state index contributed by atoms with van der Waals surface area (Å²) in [6.45, 7) is 1.01. The van der Waals surface area contributed by atoms with E-state index in [1.165, 1.54) is 0 Å². The Labute approximate surface area is 118 Å². The molecule has 0 unspecified atom stereocenters. The standard InChI is InChI=1S/C15H20N2O3/c16-10-4-6-11(7-5-10)17-15(18)12-2-1-3-13-14(12)20-9-8-19-13/h1-3,10-11H,4-9,16H2,(H,17,18). The highest BCUT2D eigenvalue weighted by Gasteiger charge is 2.24. The van der Waals surface area contributed by atoms with E-state index in [2.05, 4.69) is 5.32 Å². The molecule has 1 amide bonds. The van der Waals surface area contributed by atoms with Gasteiger partial charge in [-0.25, -0.2) is 0 Å². The quantitative estimate of drug-likeness (QED) is 0.857. The zero-order valence-electron chi connectivity index (χ0n) is 11.4. The minimum Gasteiger partial charge on any atom is -0.486 e. The molecule has 0 saturated heterocycles. The summed E-state index contributed by atoms with van der Waals surface area (Å²) in [5.74, 6) is 1.12. The van der Waals surface area contributed by atoms with Crippen LogP contribution in [0.1, 0.15) is 36.0 Å². The van der Waals surface area contributed by atoms with Crippen molar-refractivity contribution in [1.82, 2.24) is 5.32 Å². The third-order valence-corrected chi connectivity index (χ3v) is 3.92. The first-order valence-corrected chi connectivity index (χ1v) is 7.19. The summed E-state index contributed by atoms with van der Waals surface area (Å²) in [6, 6.07) is 5.91. The molecule has 3 rings (SSSR count). The molecule has 0 radical (unpaired) electrons. The first kappa shape index (κ1) is 13.2. The van der Waals surface area contributed by atoms with Gasteiger partial charge in [-0.2, -0.15) is 0 Å². The summed E-state index contributed by atoms with van der Waals surface area (Å²) in [5, 5.41) is 3.08. The van der Waals surface area contributed by atoms with Gasteiger partial charge < -0.3 is 20.5 Å². The Morgan fingerprint density at radius 3 is 2.70 bits per heavy atom. The van der Waals surface area contributed by atoms with Crippen molar-refractivity contribution in [3.05, 3.63) is 23.8 Å². The van der Waals surface area contributed by atoms with E-state index in [1.807, 2.05) is 12.1 Å². The molecule has 1 heterocycles. The van der Waals surface area contributed by atoms with Crippen molar-refractivity contribution >= 4 is 5.91 Å². The van der Waals surface area contributed by atoms with Crippen LogP contribution < -0.4 is 20.5 Å². The average molecular weight is 276 g/mol. The number of benzene rings is 1. The van der Waals surface area contributed by atoms with Gasteiger partial charge >= 0.3 is 0 Å². The zero-order valence-corrected chi connectivity index (χ0v) is 11.4. The normalized spacial score (nSPS) is 25.1. The number of amides is 1. The van der Waals surface area contributed by atoms with Crippen LogP contribution in [-0.4, -0.2) is 31.2 Å². The molecule has 1 aliphatic carbocycles. The lowest BCUT2D eigenvalue weighted by Gasteiger charge is -2.27. The van der Waals surface area contributed by atoms with Gasteiger partial charge in [0.2, 0.25) is 0 Å². The predicted octanol–water partition coefficient (Wildman–Crippen LogP) is 1.46. The van der Waals surface area contributed by atoms with Crippen molar-refractivity contribution in [3.63, 3.8) is 0 Å². The molecule has 0 atom stereocenters. The van der Waals surface area contributed by atoms with E-state index in [0.717, 1.165) is 25.7 Å². The summed E-state index contributed by atoms with van der Waals surface area (Å²) in [5.41, 5.74) is 6.43. The number of rotatable bonds is 2. The van der Waals surface area contributed by atoms with Gasteiger partial charge in [-0.3, -0.25) is 4.79 Å². The Bertz CT molecular complexity index is 496. The van der Waals surface area contributed by atoms with E-state index in [0.29, 0.717) is 30.3 Å². The third-order valence-electron chi connectivity index (χ3n) is 3.92. The molecule has 5 heteroatoms. The molecule has 1 aromatic rings. The second-order valence-corrected chi connectivity index (χ2v) is 5.41. The zero-order chi connectivity index (χ0) is 13.9. The average Bonchev–Trinajstić information content (AvgIpc) is 2.49. The fourth-order valence-corrected chi connectivity index (χ4v) is 2.78. The van der Waals surface area contributed by atoms with Crippen molar-refractivity contribution in [2.75, 3.05) is 13.2 Å². The lowest BCUT2D eigenvalue weighted by atomic mass is 9.91. The van der Waals surface area contributed by atoms with Crippen LogP contribution in [0, 0.1) is 0 Å². The fraction of sp³-hybridized carbons (Fsp3) is 0.533. The maximum absolute atomic E-state index is 12.4. The highest BCUT2D eigenvalue weighted by atomic mass is 16.6. The van der Waals surface area contributed by atoms with E-state index in [1.54, 1.807) is 6.07 Å². The second-order valence-electron chi connectivity index (χ2n) is 5.41. The van der Waals surface area contributed by atoms with Crippen LogP contribution in [0.25, 0.3) is 0 Å². The summed E-state index contributed by atoms with van der Waals surface area (Å²) >= 11 is 0. The summed E-state index contributed by atoms with van der Waals surface area (Å²) < 4.78 is 11.1. The molecular weight excluding hydrogens is 256 g/mol. The van der Waals surface area contributed by atoms with Crippen LogP contribution in [0.2, 0.25) is 0 Å². The van der Waals surface area contributed by atoms with Gasteiger partial charge in [-0.1, -0.05) is 6.07 Å². The van der Waals surface area contributed by atoms with Gasteiger partial charge in [0.15, 0.2) is 11.5 Å². The first-order valence-electron chi connectivity index (χ1n) is 7.19. The maximum Gasteiger partial charge on any atom is 0.255 e. The van der Waals surface area contributed by atoms with Crippen molar-refractivity contribution in [1.29, 1.82) is 0 Å². The van der Waals surface area contributed by atoms with Gasteiger partial charge in [0.25, 0.3) is 5.91 Å². The Morgan fingerprint density at radius 1 is 1.15 bits per heavy atom.